The van der Waals surface area contributed by atoms with E-state index in [-0.39, 0.29) is 11.9 Å². The second-order valence-electron chi connectivity index (χ2n) is 9.48. The summed E-state index contributed by atoms with van der Waals surface area (Å²) in [4.78, 5) is 21.5. The number of carbonyl (C=O) groups is 1. The predicted molar refractivity (Wildman–Crippen MR) is 150 cm³/mol. The average molecular weight is 549 g/mol. The van der Waals surface area contributed by atoms with Gasteiger partial charge in [-0.3, -0.25) is 9.69 Å². The van der Waals surface area contributed by atoms with Crippen molar-refractivity contribution in [1.29, 1.82) is 0 Å². The number of thioether (sulfide) groups is 1. The molecule has 0 bridgehead atoms. The van der Waals surface area contributed by atoms with Crippen molar-refractivity contribution in [2.75, 3.05) is 0 Å². The lowest BCUT2D eigenvalue weighted by molar-refractivity contribution is -0.124. The van der Waals surface area contributed by atoms with Crippen LogP contribution in [0.5, 0.6) is 0 Å². The summed E-state index contributed by atoms with van der Waals surface area (Å²) in [7, 11) is 0. The van der Waals surface area contributed by atoms with Gasteiger partial charge in [-0.1, -0.05) is 53.9 Å². The third-order valence-electron chi connectivity index (χ3n) is 7.06. The number of benzene rings is 2. The first-order chi connectivity index (χ1) is 16.9. The third kappa shape index (κ3) is 4.91. The maximum absolute atomic E-state index is 13.8. The Morgan fingerprint density at radius 1 is 1.03 bits per heavy atom. The number of aromatic nitrogens is 1. The fourth-order valence-corrected chi connectivity index (χ4v) is 6.51. The molecule has 0 radical (unpaired) electrons. The number of carbonyl (C=O) groups excluding carboxylic acids is 1. The number of rotatable bonds is 4. The van der Waals surface area contributed by atoms with Crippen LogP contribution in [0.4, 0.5) is 5.69 Å². The van der Waals surface area contributed by atoms with Crippen molar-refractivity contribution in [3.8, 4) is 5.69 Å². The van der Waals surface area contributed by atoms with E-state index in [9.17, 15) is 4.79 Å². The van der Waals surface area contributed by atoms with Gasteiger partial charge >= 0.3 is 0 Å². The van der Waals surface area contributed by atoms with Gasteiger partial charge in [0.15, 0.2) is 5.17 Å². The number of amides is 1. The fraction of sp³-hybridized carbons (Fsp3) is 0.310. The molecule has 180 valence electrons. The van der Waals surface area contributed by atoms with Gasteiger partial charge in [0.05, 0.1) is 10.6 Å². The Balaban J connectivity index is 1.53. The maximum atomic E-state index is 13.8. The second kappa shape index (κ2) is 10.2. The van der Waals surface area contributed by atoms with Crippen molar-refractivity contribution in [2.24, 2.45) is 10.9 Å². The molecule has 1 aliphatic carbocycles. The predicted octanol–water partition coefficient (Wildman–Crippen LogP) is 8.04. The van der Waals surface area contributed by atoms with Gasteiger partial charge in [0.25, 0.3) is 5.91 Å². The first-order valence-electron chi connectivity index (χ1n) is 12.2. The zero-order valence-electron chi connectivity index (χ0n) is 20.4. The lowest BCUT2D eigenvalue weighted by Gasteiger charge is -2.35. The van der Waals surface area contributed by atoms with Crippen molar-refractivity contribution >= 4 is 50.5 Å². The normalized spacial score (nSPS) is 23.0. The second-order valence-corrected chi connectivity index (χ2v) is 11.4. The molecule has 5 rings (SSSR count). The number of halogens is 1. The van der Waals surface area contributed by atoms with Crippen LogP contribution in [0, 0.1) is 19.8 Å². The van der Waals surface area contributed by atoms with Gasteiger partial charge < -0.3 is 4.57 Å². The Hall–Kier alpha value is -2.57. The van der Waals surface area contributed by atoms with Crippen molar-refractivity contribution in [3.63, 3.8) is 0 Å². The van der Waals surface area contributed by atoms with E-state index in [1.165, 1.54) is 18.2 Å². The average Bonchev–Trinajstić information content (AvgIpc) is 3.30. The Bertz CT molecular complexity index is 1290. The molecule has 3 aromatic rings. The molecular formula is C29H30BrN3OS. The van der Waals surface area contributed by atoms with Crippen molar-refractivity contribution in [1.82, 2.24) is 9.47 Å². The summed E-state index contributed by atoms with van der Waals surface area (Å²) < 4.78 is 3.30. The zero-order valence-corrected chi connectivity index (χ0v) is 22.8. The van der Waals surface area contributed by atoms with E-state index in [0.717, 1.165) is 62.1 Å². The summed E-state index contributed by atoms with van der Waals surface area (Å²) >= 11 is 5.03. The van der Waals surface area contributed by atoms with Crippen LogP contribution in [0.3, 0.4) is 0 Å². The smallest absolute Gasteiger partial charge is 0.267 e. The summed E-state index contributed by atoms with van der Waals surface area (Å²) in [5.41, 5.74) is 5.33. The number of hydrogen-bond donors (Lipinski definition) is 0. The first kappa shape index (κ1) is 24.1. The molecule has 1 aromatic heterocycles. The lowest BCUT2D eigenvalue weighted by atomic mass is 9.85. The molecule has 35 heavy (non-hydrogen) atoms. The van der Waals surface area contributed by atoms with E-state index in [0.29, 0.717) is 5.92 Å². The van der Waals surface area contributed by atoms with E-state index in [1.807, 2.05) is 35.2 Å². The monoisotopic (exact) mass is 547 g/mol. The fourth-order valence-electron chi connectivity index (χ4n) is 5.21. The van der Waals surface area contributed by atoms with E-state index in [1.54, 1.807) is 0 Å². The van der Waals surface area contributed by atoms with Crippen LogP contribution in [0.25, 0.3) is 11.8 Å². The van der Waals surface area contributed by atoms with Gasteiger partial charge in [-0.25, -0.2) is 4.99 Å². The highest BCUT2D eigenvalue weighted by atomic mass is 79.9. The quantitative estimate of drug-likeness (QED) is 0.310. The molecule has 1 saturated heterocycles. The van der Waals surface area contributed by atoms with Crippen molar-refractivity contribution in [3.05, 3.63) is 87.0 Å². The summed E-state index contributed by atoms with van der Waals surface area (Å²) in [5.74, 6) is 0.549. The molecule has 2 aromatic carbocycles. The minimum Gasteiger partial charge on any atom is -0.318 e. The number of aliphatic imine (C=N–C) groups is 1. The molecule has 2 fully saturated rings. The molecule has 1 saturated carbocycles. The van der Waals surface area contributed by atoms with Crippen LogP contribution in [0.2, 0.25) is 0 Å². The van der Waals surface area contributed by atoms with Crippen LogP contribution in [-0.4, -0.2) is 26.6 Å². The summed E-state index contributed by atoms with van der Waals surface area (Å²) in [5, 5.41) is 0.799. The zero-order chi connectivity index (χ0) is 24.5. The van der Waals surface area contributed by atoms with Gasteiger partial charge in [0.2, 0.25) is 0 Å². The van der Waals surface area contributed by atoms with Crippen LogP contribution in [0.1, 0.15) is 49.6 Å². The topological polar surface area (TPSA) is 37.6 Å². The third-order valence-corrected chi connectivity index (χ3v) is 8.57. The van der Waals surface area contributed by atoms with Gasteiger partial charge in [0, 0.05) is 27.6 Å². The minimum atomic E-state index is 0.0804. The van der Waals surface area contributed by atoms with Crippen LogP contribution >= 0.6 is 27.7 Å². The molecule has 0 N–H and O–H groups in total. The standard InChI is InChI=1S/C29H30BrN3OS/c1-19-9-7-8-12-26(19)33-28(34)27(35-29(33)31-24-10-5-4-6-11-24)18-22-17-20(2)32(21(22)3)25-15-13-23(30)14-16-25/h4-6,10-11,13-19,26H,7-9,12H2,1-3H3/b27-18-,31-29?/t19-,26+/m1/s1. The lowest BCUT2D eigenvalue weighted by Crippen LogP contribution is -2.44. The molecule has 2 atom stereocenters. The van der Waals surface area contributed by atoms with Crippen molar-refractivity contribution in [2.45, 2.75) is 52.5 Å². The summed E-state index contributed by atoms with van der Waals surface area (Å²) in [6, 6.07) is 20.6. The Morgan fingerprint density at radius 2 is 1.74 bits per heavy atom. The molecule has 6 heteroatoms. The van der Waals surface area contributed by atoms with E-state index in [4.69, 9.17) is 4.99 Å². The number of aryl methyl sites for hydroxylation is 1. The van der Waals surface area contributed by atoms with E-state index in [2.05, 4.69) is 77.7 Å². The number of amidine groups is 1. The molecule has 1 amide bonds. The molecule has 2 heterocycles. The van der Waals surface area contributed by atoms with Gasteiger partial charge in [-0.2, -0.15) is 0 Å². The summed E-state index contributed by atoms with van der Waals surface area (Å²) in [6.45, 7) is 6.50. The highest BCUT2D eigenvalue weighted by Crippen LogP contribution is 2.40. The molecule has 2 aliphatic rings. The largest absolute Gasteiger partial charge is 0.318 e. The van der Waals surface area contributed by atoms with Gasteiger partial charge in [-0.05, 0) is 98.5 Å². The molecule has 1 aliphatic heterocycles. The van der Waals surface area contributed by atoms with Crippen LogP contribution < -0.4 is 0 Å². The van der Waals surface area contributed by atoms with Gasteiger partial charge in [-0.15, -0.1) is 0 Å². The van der Waals surface area contributed by atoms with E-state index >= 15 is 0 Å². The van der Waals surface area contributed by atoms with Gasteiger partial charge in [0.1, 0.15) is 0 Å². The molecular weight excluding hydrogens is 518 g/mol. The SMILES string of the molecule is Cc1cc(/C=C2\SC(=Nc3ccccc3)N([C@H]3CCCC[C@H]3C)C2=O)c(C)n1-c1ccc(Br)cc1. The number of para-hydroxylation sites is 1. The van der Waals surface area contributed by atoms with Crippen LogP contribution in [0.15, 0.2) is 75.0 Å². The molecule has 4 nitrogen and oxygen atoms in total. The van der Waals surface area contributed by atoms with Crippen molar-refractivity contribution < 1.29 is 4.79 Å². The molecule has 0 spiro atoms. The number of nitrogens with zero attached hydrogens (tertiary/aromatic N) is 3. The highest BCUT2D eigenvalue weighted by molar-refractivity contribution is 9.10. The first-order valence-corrected chi connectivity index (χ1v) is 13.8. The van der Waals surface area contributed by atoms with Crippen LogP contribution in [-0.2, 0) is 4.79 Å². The minimum absolute atomic E-state index is 0.0804. The van der Waals surface area contributed by atoms with E-state index < -0.39 is 0 Å². The Labute approximate surface area is 220 Å². The maximum Gasteiger partial charge on any atom is 0.267 e. The summed E-state index contributed by atoms with van der Waals surface area (Å²) in [6.07, 6.45) is 6.65. The number of hydrogen-bond acceptors (Lipinski definition) is 3. The highest BCUT2D eigenvalue weighted by Gasteiger charge is 2.41. The Morgan fingerprint density at radius 3 is 2.46 bits per heavy atom. The molecule has 0 unspecified atom stereocenters. The Kier molecular flexibility index (Phi) is 7.03.